The van der Waals surface area contributed by atoms with Crippen molar-refractivity contribution in [2.75, 3.05) is 11.9 Å². The van der Waals surface area contributed by atoms with Gasteiger partial charge in [0.05, 0.1) is 18.8 Å². The quantitative estimate of drug-likeness (QED) is 0.148. The Morgan fingerprint density at radius 2 is 1.33 bits per heavy atom. The molecule has 1 heterocycles. The summed E-state index contributed by atoms with van der Waals surface area (Å²) in [7, 11) is 0. The molecule has 3 N–H and O–H groups in total. The molecule has 0 aliphatic carbocycles. The number of anilines is 1. The molecule has 0 aromatic heterocycles. The number of nitrogens with zero attached hydrogens (tertiary/aromatic N) is 1. The van der Waals surface area contributed by atoms with Crippen LogP contribution in [-0.4, -0.2) is 39.6 Å². The number of nitrogens with one attached hydrogen (secondary N) is 1. The number of hydrogen-bond acceptors (Lipinski definition) is 6. The Kier molecular flexibility index (Phi) is 11.5. The van der Waals surface area contributed by atoms with Gasteiger partial charge < -0.3 is 25.0 Å². The first-order valence-electron chi connectivity index (χ1n) is 15.4. The monoisotopic (exact) mass is 608 g/mol. The van der Waals surface area contributed by atoms with Crippen LogP contribution >= 0.6 is 0 Å². The summed E-state index contributed by atoms with van der Waals surface area (Å²) in [6.07, 6.45) is 0.0848. The van der Waals surface area contributed by atoms with Gasteiger partial charge in [-0.3, -0.25) is 14.5 Å². The van der Waals surface area contributed by atoms with Crippen molar-refractivity contribution < 1.29 is 29.3 Å². The minimum Gasteiger partial charge on any atom is -0.481 e. The van der Waals surface area contributed by atoms with Crippen LogP contribution in [0.25, 0.3) is 0 Å². The number of carbonyl (C=O) groups excluding carboxylic acids is 1. The maximum atomic E-state index is 12.3. The first kappa shape index (κ1) is 32.1. The molecule has 0 spiro atoms. The van der Waals surface area contributed by atoms with Crippen molar-refractivity contribution in [2.24, 2.45) is 0 Å². The molecule has 1 amide bonds. The lowest BCUT2D eigenvalue weighted by atomic mass is 9.99. The van der Waals surface area contributed by atoms with Crippen molar-refractivity contribution in [3.63, 3.8) is 0 Å². The van der Waals surface area contributed by atoms with Gasteiger partial charge >= 0.3 is 5.97 Å². The number of aliphatic hydroxyl groups excluding tert-OH is 1. The number of ether oxygens (including phenoxy) is 2. The molecule has 0 bridgehead atoms. The van der Waals surface area contributed by atoms with Crippen LogP contribution < -0.4 is 5.32 Å². The van der Waals surface area contributed by atoms with E-state index in [-0.39, 0.29) is 44.0 Å². The summed E-state index contributed by atoms with van der Waals surface area (Å²) < 4.78 is 13.2. The van der Waals surface area contributed by atoms with E-state index >= 15 is 0 Å². The highest BCUT2D eigenvalue weighted by Gasteiger charge is 2.33. The Hall–Kier alpha value is -4.34. The molecule has 0 saturated carbocycles. The number of rotatable bonds is 14. The van der Waals surface area contributed by atoms with Crippen LogP contribution in [-0.2, 0) is 38.8 Å². The highest BCUT2D eigenvalue weighted by Crippen LogP contribution is 2.38. The van der Waals surface area contributed by atoms with Gasteiger partial charge in [0.2, 0.25) is 5.91 Å². The number of carbonyl (C=O) groups is 2. The van der Waals surface area contributed by atoms with Crippen molar-refractivity contribution >= 4 is 17.6 Å². The first-order valence-corrected chi connectivity index (χ1v) is 15.4. The maximum Gasteiger partial charge on any atom is 0.303 e. The van der Waals surface area contributed by atoms with Crippen LogP contribution in [0.5, 0.6) is 0 Å². The van der Waals surface area contributed by atoms with Crippen LogP contribution in [0.1, 0.15) is 65.9 Å². The molecular formula is C37H40N2O6. The molecule has 4 aromatic carbocycles. The molecule has 8 nitrogen and oxygen atoms in total. The van der Waals surface area contributed by atoms with Crippen molar-refractivity contribution in [2.45, 2.75) is 63.9 Å². The average molecular weight is 609 g/mol. The fraction of sp³-hybridized carbons (Fsp3) is 0.297. The van der Waals surface area contributed by atoms with Crippen molar-refractivity contribution in [1.29, 1.82) is 0 Å². The third kappa shape index (κ3) is 9.83. The summed E-state index contributed by atoms with van der Waals surface area (Å²) >= 11 is 0. The van der Waals surface area contributed by atoms with Crippen LogP contribution in [0.15, 0.2) is 109 Å². The second kappa shape index (κ2) is 16.1. The molecule has 8 heteroatoms. The normalized spacial score (nSPS) is 18.0. The zero-order chi connectivity index (χ0) is 31.4. The van der Waals surface area contributed by atoms with E-state index in [9.17, 15) is 14.7 Å². The van der Waals surface area contributed by atoms with Crippen molar-refractivity contribution in [3.05, 3.63) is 137 Å². The number of benzene rings is 4. The van der Waals surface area contributed by atoms with E-state index in [0.717, 1.165) is 29.8 Å². The molecule has 5 rings (SSSR count). The van der Waals surface area contributed by atoms with Gasteiger partial charge in [0.1, 0.15) is 0 Å². The topological polar surface area (TPSA) is 108 Å². The Balaban J connectivity index is 1.33. The maximum absolute atomic E-state index is 12.3. The molecule has 1 fully saturated rings. The van der Waals surface area contributed by atoms with Gasteiger partial charge in [0, 0.05) is 50.1 Å². The number of carboxylic acid groups (broad SMARTS) is 1. The summed E-state index contributed by atoms with van der Waals surface area (Å²) in [5.41, 5.74) is 5.78. The van der Waals surface area contributed by atoms with Gasteiger partial charge in [0.15, 0.2) is 6.29 Å². The molecular weight excluding hydrogens is 568 g/mol. The van der Waals surface area contributed by atoms with Gasteiger partial charge in [-0.05, 0) is 40.8 Å². The minimum absolute atomic E-state index is 0.0173. The number of amides is 1. The summed E-state index contributed by atoms with van der Waals surface area (Å²) in [6.45, 7) is 2.23. The second-order valence-electron chi connectivity index (χ2n) is 11.4. The number of hydrogen-bond donors (Lipinski definition) is 3. The summed E-state index contributed by atoms with van der Waals surface area (Å²) in [4.78, 5) is 25.4. The Bertz CT molecular complexity index is 1450. The van der Waals surface area contributed by atoms with Gasteiger partial charge in [0.25, 0.3) is 0 Å². The molecule has 45 heavy (non-hydrogen) atoms. The van der Waals surface area contributed by atoms with E-state index in [2.05, 4.69) is 58.7 Å². The number of carboxylic acids is 1. The molecule has 4 aromatic rings. The third-order valence-electron chi connectivity index (χ3n) is 7.84. The smallest absolute Gasteiger partial charge is 0.303 e. The van der Waals surface area contributed by atoms with Crippen LogP contribution in [0.4, 0.5) is 5.69 Å². The Morgan fingerprint density at radius 3 is 1.91 bits per heavy atom. The minimum atomic E-state index is -0.913. The SMILES string of the molecule is O=C(O)CCCC(=O)Nc1ccc(C2OC(CN(Cc3ccccc3)Cc3ccccc3)CC(c3ccc(CO)cc3)O2)cc1. The van der Waals surface area contributed by atoms with E-state index in [0.29, 0.717) is 18.7 Å². The standard InChI is InChI=1S/C37H40N2O6/c40-26-29-14-16-30(17-15-29)34-22-33(25-39(23-27-8-3-1-4-9-27)24-28-10-5-2-6-11-28)44-37(45-34)31-18-20-32(21-19-31)38-35(41)12-7-13-36(42)43/h1-6,8-11,14-21,33-34,37,40H,7,12-13,22-26H2,(H,38,41)(H,42,43). The molecule has 1 aliphatic heterocycles. The molecule has 1 aliphatic rings. The van der Waals surface area contributed by atoms with E-state index in [1.54, 1.807) is 0 Å². The average Bonchev–Trinajstić information content (AvgIpc) is 3.06. The molecule has 3 unspecified atom stereocenters. The van der Waals surface area contributed by atoms with Crippen LogP contribution in [0.3, 0.4) is 0 Å². The van der Waals surface area contributed by atoms with Crippen molar-refractivity contribution in [1.82, 2.24) is 4.90 Å². The number of aliphatic hydroxyl groups is 1. The predicted octanol–water partition coefficient (Wildman–Crippen LogP) is 6.62. The van der Waals surface area contributed by atoms with Gasteiger partial charge in [-0.2, -0.15) is 0 Å². The van der Waals surface area contributed by atoms with E-state index in [4.69, 9.17) is 14.6 Å². The highest BCUT2D eigenvalue weighted by molar-refractivity contribution is 5.90. The van der Waals surface area contributed by atoms with Crippen LogP contribution in [0.2, 0.25) is 0 Å². The summed E-state index contributed by atoms with van der Waals surface area (Å²) in [6, 6.07) is 36.1. The largest absolute Gasteiger partial charge is 0.481 e. The van der Waals surface area contributed by atoms with E-state index < -0.39 is 12.3 Å². The van der Waals surface area contributed by atoms with E-state index in [1.807, 2.05) is 60.7 Å². The molecule has 0 radical (unpaired) electrons. The number of aliphatic carboxylic acids is 1. The molecule has 3 atom stereocenters. The second-order valence-corrected chi connectivity index (χ2v) is 11.4. The van der Waals surface area contributed by atoms with E-state index in [1.165, 1.54) is 11.1 Å². The Morgan fingerprint density at radius 1 is 0.733 bits per heavy atom. The Labute approximate surface area is 264 Å². The summed E-state index contributed by atoms with van der Waals surface area (Å²) in [5, 5.41) is 21.2. The van der Waals surface area contributed by atoms with Gasteiger partial charge in [-0.15, -0.1) is 0 Å². The zero-order valence-electron chi connectivity index (χ0n) is 25.3. The highest BCUT2D eigenvalue weighted by atomic mass is 16.7. The van der Waals surface area contributed by atoms with Gasteiger partial charge in [-0.25, -0.2) is 0 Å². The molecule has 1 saturated heterocycles. The molecule has 234 valence electrons. The van der Waals surface area contributed by atoms with Crippen molar-refractivity contribution in [3.8, 4) is 0 Å². The van der Waals surface area contributed by atoms with Gasteiger partial charge in [-0.1, -0.05) is 97.1 Å². The third-order valence-corrected chi connectivity index (χ3v) is 7.84. The lowest BCUT2D eigenvalue weighted by Gasteiger charge is -2.38. The van der Waals surface area contributed by atoms with Crippen LogP contribution in [0, 0.1) is 0 Å². The fourth-order valence-corrected chi connectivity index (χ4v) is 5.54. The lowest BCUT2D eigenvalue weighted by molar-refractivity contribution is -0.253. The zero-order valence-corrected chi connectivity index (χ0v) is 25.3. The first-order chi connectivity index (χ1) is 21.9. The summed E-state index contributed by atoms with van der Waals surface area (Å²) in [5.74, 6) is -1.14. The predicted molar refractivity (Wildman–Crippen MR) is 172 cm³/mol. The lowest BCUT2D eigenvalue weighted by Crippen LogP contribution is -2.39. The fourth-order valence-electron chi connectivity index (χ4n) is 5.54.